The Morgan fingerprint density at radius 1 is 1.24 bits per heavy atom. The van der Waals surface area contributed by atoms with Crippen LogP contribution in [0.25, 0.3) is 0 Å². The molecule has 0 radical (unpaired) electrons. The van der Waals surface area contributed by atoms with E-state index in [0.29, 0.717) is 19.0 Å². The van der Waals surface area contributed by atoms with Gasteiger partial charge in [-0.1, -0.05) is 26.0 Å². The molecule has 5 nitrogen and oxygen atoms in total. The van der Waals surface area contributed by atoms with E-state index < -0.39 is 0 Å². The maximum absolute atomic E-state index is 12.5. The van der Waals surface area contributed by atoms with Crippen molar-refractivity contribution < 1.29 is 15.0 Å². The molecule has 0 aliphatic heterocycles. The summed E-state index contributed by atoms with van der Waals surface area (Å²) < 4.78 is 0. The van der Waals surface area contributed by atoms with Gasteiger partial charge in [0.15, 0.2) is 0 Å². The molecule has 1 saturated carbocycles. The summed E-state index contributed by atoms with van der Waals surface area (Å²) in [4.78, 5) is 14.7. The van der Waals surface area contributed by atoms with Crippen molar-refractivity contribution in [2.75, 3.05) is 6.54 Å². The number of nitrogens with one attached hydrogen (secondary N) is 1. The third kappa shape index (κ3) is 6.33. The number of rotatable bonds is 7. The van der Waals surface area contributed by atoms with Gasteiger partial charge < -0.3 is 15.5 Å². The fourth-order valence-corrected chi connectivity index (χ4v) is 3.28. The van der Waals surface area contributed by atoms with Crippen LogP contribution in [0.4, 0.5) is 0 Å². The van der Waals surface area contributed by atoms with E-state index in [0.717, 1.165) is 31.2 Å². The van der Waals surface area contributed by atoms with Gasteiger partial charge in [0.25, 0.3) is 0 Å². The summed E-state index contributed by atoms with van der Waals surface area (Å²) in [6, 6.07) is 7.63. The van der Waals surface area contributed by atoms with Gasteiger partial charge in [0.2, 0.25) is 5.91 Å². The number of hydrogen-bond acceptors (Lipinski definition) is 4. The Kier molecular flexibility index (Phi) is 7.26. The van der Waals surface area contributed by atoms with Crippen LogP contribution in [0.2, 0.25) is 0 Å². The standard InChI is InChI=1S/C20H32N2O3/c1-14(2)15(3)21-20(25)13-22(17-7-9-18(23)10-8-17)12-16-5-4-6-19(24)11-16/h4-6,11,14-15,17-18,23-24H,7-10,12-13H2,1-3H3,(H,21,25). The molecular formula is C20H32N2O3. The lowest BCUT2D eigenvalue weighted by atomic mass is 9.91. The third-order valence-electron chi connectivity index (χ3n) is 5.21. The van der Waals surface area contributed by atoms with Crippen LogP contribution in [0.5, 0.6) is 5.75 Å². The van der Waals surface area contributed by atoms with Crippen molar-refractivity contribution in [3.8, 4) is 5.75 Å². The average molecular weight is 348 g/mol. The van der Waals surface area contributed by atoms with Gasteiger partial charge in [-0.25, -0.2) is 0 Å². The van der Waals surface area contributed by atoms with E-state index in [1.807, 2.05) is 19.1 Å². The largest absolute Gasteiger partial charge is 0.508 e. The number of amides is 1. The van der Waals surface area contributed by atoms with Crippen LogP contribution in [0.3, 0.4) is 0 Å². The Balaban J connectivity index is 2.04. The highest BCUT2D eigenvalue weighted by Gasteiger charge is 2.27. The van der Waals surface area contributed by atoms with E-state index in [9.17, 15) is 15.0 Å². The minimum absolute atomic E-state index is 0.0347. The number of aliphatic hydroxyl groups excluding tert-OH is 1. The minimum atomic E-state index is -0.214. The van der Waals surface area contributed by atoms with Gasteiger partial charge >= 0.3 is 0 Å². The molecule has 0 aromatic heterocycles. The van der Waals surface area contributed by atoms with E-state index in [4.69, 9.17) is 0 Å². The summed E-state index contributed by atoms with van der Waals surface area (Å²) in [6.07, 6.45) is 3.14. The Labute approximate surface area is 151 Å². The molecule has 140 valence electrons. The quantitative estimate of drug-likeness (QED) is 0.708. The van der Waals surface area contributed by atoms with Crippen LogP contribution in [0.1, 0.15) is 52.0 Å². The molecule has 0 bridgehead atoms. The molecule has 1 unspecified atom stereocenters. The number of carbonyl (C=O) groups excluding carboxylic acids is 1. The Hall–Kier alpha value is -1.59. The number of hydrogen-bond donors (Lipinski definition) is 3. The lowest BCUT2D eigenvalue weighted by Crippen LogP contribution is -2.47. The lowest BCUT2D eigenvalue weighted by Gasteiger charge is -2.35. The molecule has 1 amide bonds. The van der Waals surface area contributed by atoms with Crippen molar-refractivity contribution in [1.29, 1.82) is 0 Å². The van der Waals surface area contributed by atoms with Crippen molar-refractivity contribution in [1.82, 2.24) is 10.2 Å². The van der Waals surface area contributed by atoms with E-state index in [1.165, 1.54) is 0 Å². The van der Waals surface area contributed by atoms with E-state index in [-0.39, 0.29) is 29.8 Å². The number of phenols is 1. The second-order valence-corrected chi connectivity index (χ2v) is 7.64. The van der Waals surface area contributed by atoms with Gasteiger partial charge in [-0.15, -0.1) is 0 Å². The number of carbonyl (C=O) groups is 1. The molecule has 25 heavy (non-hydrogen) atoms. The highest BCUT2D eigenvalue weighted by molar-refractivity contribution is 5.78. The number of benzene rings is 1. The fourth-order valence-electron chi connectivity index (χ4n) is 3.28. The van der Waals surface area contributed by atoms with Crippen molar-refractivity contribution in [2.45, 2.75) is 71.2 Å². The van der Waals surface area contributed by atoms with Crippen LogP contribution >= 0.6 is 0 Å². The van der Waals surface area contributed by atoms with Gasteiger partial charge in [-0.05, 0) is 56.2 Å². The molecule has 3 N–H and O–H groups in total. The Morgan fingerprint density at radius 2 is 1.92 bits per heavy atom. The summed E-state index contributed by atoms with van der Waals surface area (Å²) >= 11 is 0. The van der Waals surface area contributed by atoms with Crippen LogP contribution in [0, 0.1) is 5.92 Å². The monoisotopic (exact) mass is 348 g/mol. The van der Waals surface area contributed by atoms with Crippen LogP contribution in [-0.4, -0.2) is 45.8 Å². The molecule has 1 atom stereocenters. The molecule has 5 heteroatoms. The van der Waals surface area contributed by atoms with Crippen molar-refractivity contribution in [3.63, 3.8) is 0 Å². The van der Waals surface area contributed by atoms with E-state index in [1.54, 1.807) is 12.1 Å². The second kappa shape index (κ2) is 9.20. The molecule has 0 heterocycles. The number of aliphatic hydroxyl groups is 1. The highest BCUT2D eigenvalue weighted by Crippen LogP contribution is 2.25. The topological polar surface area (TPSA) is 72.8 Å². The number of nitrogens with zero attached hydrogens (tertiary/aromatic N) is 1. The molecule has 2 rings (SSSR count). The van der Waals surface area contributed by atoms with Gasteiger partial charge in [0.05, 0.1) is 12.6 Å². The number of aromatic hydroxyl groups is 1. The lowest BCUT2D eigenvalue weighted by molar-refractivity contribution is -0.124. The molecular weight excluding hydrogens is 316 g/mol. The zero-order valence-electron chi connectivity index (χ0n) is 15.6. The van der Waals surface area contributed by atoms with Gasteiger partial charge in [-0.3, -0.25) is 9.69 Å². The molecule has 1 aromatic carbocycles. The molecule has 1 aromatic rings. The molecule has 1 aliphatic carbocycles. The van der Waals surface area contributed by atoms with E-state index in [2.05, 4.69) is 24.1 Å². The van der Waals surface area contributed by atoms with Gasteiger partial charge in [0, 0.05) is 18.6 Å². The Morgan fingerprint density at radius 3 is 2.52 bits per heavy atom. The SMILES string of the molecule is CC(C)C(C)NC(=O)CN(Cc1cccc(O)c1)C1CCC(O)CC1. The first-order valence-corrected chi connectivity index (χ1v) is 9.34. The van der Waals surface area contributed by atoms with Crippen molar-refractivity contribution in [3.05, 3.63) is 29.8 Å². The maximum Gasteiger partial charge on any atom is 0.234 e. The second-order valence-electron chi connectivity index (χ2n) is 7.64. The summed E-state index contributed by atoms with van der Waals surface area (Å²) in [5.74, 6) is 0.676. The van der Waals surface area contributed by atoms with Crippen LogP contribution in [-0.2, 0) is 11.3 Å². The molecule has 1 aliphatic rings. The average Bonchev–Trinajstić information content (AvgIpc) is 2.54. The van der Waals surface area contributed by atoms with Crippen molar-refractivity contribution in [2.24, 2.45) is 5.92 Å². The predicted octanol–water partition coefficient (Wildman–Crippen LogP) is 2.66. The van der Waals surface area contributed by atoms with Crippen molar-refractivity contribution >= 4 is 5.91 Å². The third-order valence-corrected chi connectivity index (χ3v) is 5.21. The first-order chi connectivity index (χ1) is 11.8. The summed E-state index contributed by atoms with van der Waals surface area (Å²) in [5, 5.41) is 22.5. The normalized spacial score (nSPS) is 22.2. The zero-order chi connectivity index (χ0) is 18.4. The van der Waals surface area contributed by atoms with Gasteiger partial charge in [0.1, 0.15) is 5.75 Å². The molecule has 0 saturated heterocycles. The first kappa shape index (κ1) is 19.7. The summed E-state index contributed by atoms with van der Waals surface area (Å²) in [7, 11) is 0. The van der Waals surface area contributed by atoms with Crippen LogP contribution < -0.4 is 5.32 Å². The van der Waals surface area contributed by atoms with E-state index >= 15 is 0 Å². The summed E-state index contributed by atoms with van der Waals surface area (Å²) in [5.41, 5.74) is 0.996. The number of phenolic OH excluding ortho intramolecular Hbond substituents is 1. The van der Waals surface area contributed by atoms with Crippen LogP contribution in [0.15, 0.2) is 24.3 Å². The Bertz CT molecular complexity index is 554. The maximum atomic E-state index is 12.5. The smallest absolute Gasteiger partial charge is 0.234 e. The fraction of sp³-hybridized carbons (Fsp3) is 0.650. The molecule has 1 fully saturated rings. The predicted molar refractivity (Wildman–Crippen MR) is 99.2 cm³/mol. The minimum Gasteiger partial charge on any atom is -0.508 e. The molecule has 0 spiro atoms. The summed E-state index contributed by atoms with van der Waals surface area (Å²) in [6.45, 7) is 7.18. The van der Waals surface area contributed by atoms with Gasteiger partial charge in [-0.2, -0.15) is 0 Å². The first-order valence-electron chi connectivity index (χ1n) is 9.34. The zero-order valence-corrected chi connectivity index (χ0v) is 15.6. The highest BCUT2D eigenvalue weighted by atomic mass is 16.3.